The van der Waals surface area contributed by atoms with E-state index in [1.807, 2.05) is 0 Å². The third kappa shape index (κ3) is 1.62. The molecule has 0 saturated carbocycles. The molecule has 0 radical (unpaired) electrons. The predicted molar refractivity (Wildman–Crippen MR) is 50.2 cm³/mol. The first kappa shape index (κ1) is 9.13. The van der Waals surface area contributed by atoms with Crippen molar-refractivity contribution < 1.29 is 14.7 Å². The monoisotopic (exact) mass is 206 g/mol. The number of aliphatic carboxylic acids is 1. The fraction of sp³-hybridized carbons (Fsp3) is 0. The average molecular weight is 206 g/mol. The summed E-state index contributed by atoms with van der Waals surface area (Å²) in [6.07, 6.45) is 4.43. The molecule has 0 aliphatic rings. The molecule has 0 spiro atoms. The Balaban J connectivity index is 2.39. The maximum Gasteiger partial charge on any atom is 0.394 e. The Bertz CT molecular complexity index is 533. The summed E-state index contributed by atoms with van der Waals surface area (Å²) in [4.78, 5) is 25.1. The van der Waals surface area contributed by atoms with Gasteiger partial charge in [-0.15, -0.1) is 0 Å². The van der Waals surface area contributed by atoms with Crippen LogP contribution in [0.25, 0.3) is 10.9 Å². The van der Waals surface area contributed by atoms with E-state index in [1.54, 1.807) is 6.20 Å². The van der Waals surface area contributed by atoms with Crippen molar-refractivity contribution in [1.29, 1.82) is 0 Å². The zero-order valence-electron chi connectivity index (χ0n) is 7.39. The zero-order chi connectivity index (χ0) is 10.8. The number of carboxylic acid groups (broad SMARTS) is 1. The first-order valence-corrected chi connectivity index (χ1v) is 4.00. The number of amides is 1. The molecule has 2 aromatic heterocycles. The van der Waals surface area contributed by atoms with Crippen LogP contribution in [0.3, 0.4) is 0 Å². The number of carboxylic acids is 1. The van der Waals surface area contributed by atoms with Gasteiger partial charge in [-0.05, 0) is 0 Å². The Morgan fingerprint density at radius 2 is 2.13 bits per heavy atom. The number of nitrogens with zero attached hydrogens (tertiary/aromatic N) is 2. The fourth-order valence-electron chi connectivity index (χ4n) is 1.14. The van der Waals surface area contributed by atoms with Gasteiger partial charge >= 0.3 is 11.9 Å². The summed E-state index contributed by atoms with van der Waals surface area (Å²) in [7, 11) is 0. The van der Waals surface area contributed by atoms with E-state index in [0.29, 0.717) is 10.9 Å². The highest BCUT2D eigenvalue weighted by molar-refractivity contribution is 6.37. The van der Waals surface area contributed by atoms with Gasteiger partial charge in [0.25, 0.3) is 0 Å². The molecule has 76 valence electrons. The third-order valence-electron chi connectivity index (χ3n) is 1.80. The summed E-state index contributed by atoms with van der Waals surface area (Å²) >= 11 is 0. The van der Waals surface area contributed by atoms with Gasteiger partial charge in [0.15, 0.2) is 0 Å². The summed E-state index contributed by atoms with van der Waals surface area (Å²) in [6, 6.07) is 0. The lowest BCUT2D eigenvalue weighted by molar-refractivity contribution is -0.147. The number of H-pyrrole nitrogens is 1. The predicted octanol–water partition coefficient (Wildman–Crippen LogP) is -0.0190. The first-order chi connectivity index (χ1) is 7.18. The molecule has 7 nitrogen and oxygen atoms in total. The highest BCUT2D eigenvalue weighted by atomic mass is 16.4. The van der Waals surface area contributed by atoms with Crippen LogP contribution >= 0.6 is 0 Å². The third-order valence-corrected chi connectivity index (χ3v) is 1.80. The van der Waals surface area contributed by atoms with E-state index in [0.717, 1.165) is 0 Å². The number of hydrogen-bond acceptors (Lipinski definition) is 4. The second-order valence-electron chi connectivity index (χ2n) is 2.78. The van der Waals surface area contributed by atoms with Crippen molar-refractivity contribution in [3.8, 4) is 0 Å². The number of pyridine rings is 1. The van der Waals surface area contributed by atoms with Gasteiger partial charge in [0, 0.05) is 11.6 Å². The number of aromatic nitrogens is 3. The van der Waals surface area contributed by atoms with Gasteiger partial charge in [-0.2, -0.15) is 5.10 Å². The number of anilines is 1. The number of nitrogens with one attached hydrogen (secondary N) is 2. The largest absolute Gasteiger partial charge is 0.474 e. The molecule has 2 heterocycles. The molecule has 0 aromatic carbocycles. The maximum absolute atomic E-state index is 10.9. The topological polar surface area (TPSA) is 108 Å². The van der Waals surface area contributed by atoms with Gasteiger partial charge in [-0.3, -0.25) is 14.9 Å². The average Bonchev–Trinajstić information content (AvgIpc) is 2.66. The second kappa shape index (κ2) is 3.37. The van der Waals surface area contributed by atoms with Crippen molar-refractivity contribution in [2.24, 2.45) is 0 Å². The van der Waals surface area contributed by atoms with Gasteiger partial charge in [0.05, 0.1) is 23.6 Å². The van der Waals surface area contributed by atoms with Gasteiger partial charge in [-0.25, -0.2) is 4.79 Å². The van der Waals surface area contributed by atoms with Gasteiger partial charge in [0.2, 0.25) is 0 Å². The summed E-state index contributed by atoms with van der Waals surface area (Å²) < 4.78 is 0. The van der Waals surface area contributed by atoms with Gasteiger partial charge in [0.1, 0.15) is 0 Å². The number of aromatic amines is 1. The van der Waals surface area contributed by atoms with E-state index in [-0.39, 0.29) is 5.69 Å². The lowest BCUT2D eigenvalue weighted by Gasteiger charge is -2.01. The quantitative estimate of drug-likeness (QED) is 0.568. The molecule has 0 atom stereocenters. The molecule has 0 aliphatic heterocycles. The van der Waals surface area contributed by atoms with E-state index in [9.17, 15) is 9.59 Å². The molecule has 0 aliphatic carbocycles. The highest BCUT2D eigenvalue weighted by Gasteiger charge is 2.13. The van der Waals surface area contributed by atoms with Crippen molar-refractivity contribution >= 4 is 28.5 Å². The van der Waals surface area contributed by atoms with Crippen LogP contribution < -0.4 is 5.32 Å². The Labute approximate surface area is 83.1 Å². The molecule has 3 N–H and O–H groups in total. The minimum atomic E-state index is -1.55. The van der Waals surface area contributed by atoms with Crippen LogP contribution in [0.4, 0.5) is 5.69 Å². The number of carbonyl (C=O) groups is 2. The summed E-state index contributed by atoms with van der Waals surface area (Å²) in [5.41, 5.74) is 0.831. The highest BCUT2D eigenvalue weighted by Crippen LogP contribution is 2.18. The van der Waals surface area contributed by atoms with Crippen molar-refractivity contribution in [2.45, 2.75) is 0 Å². The number of fused-ring (bicyclic) bond motifs is 1. The zero-order valence-corrected chi connectivity index (χ0v) is 7.39. The van der Waals surface area contributed by atoms with Crippen molar-refractivity contribution in [1.82, 2.24) is 15.2 Å². The number of rotatable bonds is 1. The smallest absolute Gasteiger partial charge is 0.394 e. The van der Waals surface area contributed by atoms with Gasteiger partial charge in [-0.1, -0.05) is 0 Å². The lowest BCUT2D eigenvalue weighted by Crippen LogP contribution is -2.22. The Hall–Kier alpha value is -2.44. The van der Waals surface area contributed by atoms with Gasteiger partial charge < -0.3 is 10.4 Å². The van der Waals surface area contributed by atoms with E-state index in [4.69, 9.17) is 5.11 Å². The van der Waals surface area contributed by atoms with Crippen molar-refractivity contribution in [3.05, 3.63) is 18.6 Å². The van der Waals surface area contributed by atoms with E-state index >= 15 is 0 Å². The standard InChI is InChI=1S/C8H6N4O3/c13-7(8(14)15)11-5-3-9-1-4-2-10-12-6(4)5/h1-3H,(H,10,12)(H,11,13)(H,14,15). The Morgan fingerprint density at radius 3 is 2.87 bits per heavy atom. The summed E-state index contributed by atoms with van der Waals surface area (Å²) in [6.45, 7) is 0. The molecule has 0 unspecified atom stereocenters. The van der Waals surface area contributed by atoms with Crippen LogP contribution in [0.15, 0.2) is 18.6 Å². The molecule has 2 aromatic rings. The van der Waals surface area contributed by atoms with Crippen molar-refractivity contribution in [3.63, 3.8) is 0 Å². The molecule has 7 heteroatoms. The molecule has 2 rings (SSSR count). The minimum absolute atomic E-state index is 0.289. The molecule has 0 bridgehead atoms. The fourth-order valence-corrected chi connectivity index (χ4v) is 1.14. The minimum Gasteiger partial charge on any atom is -0.474 e. The van der Waals surface area contributed by atoms with Crippen LogP contribution in [0.5, 0.6) is 0 Å². The molecule has 1 amide bonds. The second-order valence-corrected chi connectivity index (χ2v) is 2.78. The molecule has 15 heavy (non-hydrogen) atoms. The van der Waals surface area contributed by atoms with Crippen LogP contribution in [0, 0.1) is 0 Å². The van der Waals surface area contributed by atoms with Crippen LogP contribution in [0.2, 0.25) is 0 Å². The summed E-state index contributed by atoms with van der Waals surface area (Å²) in [5.74, 6) is -2.66. The molecule has 0 saturated heterocycles. The van der Waals surface area contributed by atoms with Crippen LogP contribution in [-0.2, 0) is 9.59 Å². The Morgan fingerprint density at radius 1 is 1.33 bits per heavy atom. The van der Waals surface area contributed by atoms with E-state index < -0.39 is 11.9 Å². The SMILES string of the molecule is O=C(O)C(=O)Nc1cncc2cn[nH]c12. The lowest BCUT2D eigenvalue weighted by atomic mass is 10.3. The number of hydrogen-bond donors (Lipinski definition) is 3. The van der Waals surface area contributed by atoms with E-state index in [1.165, 1.54) is 12.4 Å². The number of carbonyl (C=O) groups excluding carboxylic acids is 1. The summed E-state index contributed by atoms with van der Waals surface area (Å²) in [5, 5.41) is 17.7. The van der Waals surface area contributed by atoms with Crippen LogP contribution in [0.1, 0.15) is 0 Å². The maximum atomic E-state index is 10.9. The first-order valence-electron chi connectivity index (χ1n) is 4.00. The van der Waals surface area contributed by atoms with Crippen LogP contribution in [-0.4, -0.2) is 32.2 Å². The van der Waals surface area contributed by atoms with E-state index in [2.05, 4.69) is 20.5 Å². The normalized spacial score (nSPS) is 10.1. The molecular formula is C8H6N4O3. The Kier molecular flexibility index (Phi) is 2.05. The van der Waals surface area contributed by atoms with Crippen molar-refractivity contribution in [2.75, 3.05) is 5.32 Å². The molecular weight excluding hydrogens is 200 g/mol. The molecule has 0 fully saturated rings.